The summed E-state index contributed by atoms with van der Waals surface area (Å²) < 4.78 is 6.73. The summed E-state index contributed by atoms with van der Waals surface area (Å²) in [6.07, 6.45) is 0. The summed E-state index contributed by atoms with van der Waals surface area (Å²) in [5.41, 5.74) is 3.08. The van der Waals surface area contributed by atoms with Gasteiger partial charge in [-0.15, -0.1) is 0 Å². The van der Waals surface area contributed by atoms with Crippen molar-refractivity contribution in [3.05, 3.63) is 75.2 Å². The van der Waals surface area contributed by atoms with Gasteiger partial charge in [0, 0.05) is 15.4 Å². The van der Waals surface area contributed by atoms with Crippen LogP contribution in [-0.2, 0) is 0 Å². The van der Waals surface area contributed by atoms with E-state index in [4.69, 9.17) is 16.0 Å². The van der Waals surface area contributed by atoms with Gasteiger partial charge in [-0.1, -0.05) is 29.3 Å². The van der Waals surface area contributed by atoms with E-state index in [1.807, 2.05) is 43.3 Å². The Morgan fingerprint density at radius 2 is 1.85 bits per heavy atom. The first-order valence-electron chi connectivity index (χ1n) is 8.13. The summed E-state index contributed by atoms with van der Waals surface area (Å²) in [7, 11) is 0. The molecule has 0 aliphatic heterocycles. The number of aryl methyl sites for hydroxylation is 1. The lowest BCUT2D eigenvalue weighted by Gasteiger charge is -2.06. The normalized spacial score (nSPS) is 11.1. The Balaban J connectivity index is 1.83. The zero-order chi connectivity index (χ0) is 19.1. The molecule has 2 heterocycles. The number of pyridine rings is 1. The van der Waals surface area contributed by atoms with Crippen molar-refractivity contribution in [3.8, 4) is 22.8 Å². The second-order valence-corrected chi connectivity index (χ2v) is 7.44. The Labute approximate surface area is 168 Å². The zero-order valence-corrected chi connectivity index (χ0v) is 16.5. The average molecular weight is 443 g/mol. The average Bonchev–Trinajstić information content (AvgIpc) is 3.13. The van der Waals surface area contributed by atoms with Gasteiger partial charge in [-0.2, -0.15) is 0 Å². The molecule has 0 fully saturated rings. The first-order chi connectivity index (χ1) is 12.9. The van der Waals surface area contributed by atoms with Gasteiger partial charge in [0.05, 0.1) is 16.1 Å². The van der Waals surface area contributed by atoms with E-state index >= 15 is 0 Å². The Morgan fingerprint density at radius 1 is 1.07 bits per heavy atom. The highest BCUT2D eigenvalue weighted by molar-refractivity contribution is 9.10. The number of halogens is 2. The van der Waals surface area contributed by atoms with Crippen molar-refractivity contribution in [2.75, 3.05) is 0 Å². The maximum absolute atomic E-state index is 11.7. The van der Waals surface area contributed by atoms with Gasteiger partial charge in [-0.25, -0.2) is 9.78 Å². The molecule has 0 radical (unpaired) electrons. The van der Waals surface area contributed by atoms with Crippen LogP contribution in [0.25, 0.3) is 33.7 Å². The monoisotopic (exact) mass is 441 g/mol. The largest absolute Gasteiger partial charge is 0.478 e. The van der Waals surface area contributed by atoms with Crippen LogP contribution >= 0.6 is 27.5 Å². The van der Waals surface area contributed by atoms with Crippen LogP contribution in [0.2, 0.25) is 5.02 Å². The fourth-order valence-electron chi connectivity index (χ4n) is 2.92. The number of benzene rings is 2. The quantitative estimate of drug-likeness (QED) is 0.389. The molecule has 0 amide bonds. The van der Waals surface area contributed by atoms with E-state index in [0.717, 1.165) is 15.6 Å². The number of nitrogens with zero attached hydrogens (tertiary/aromatic N) is 1. The summed E-state index contributed by atoms with van der Waals surface area (Å²) in [6, 6.07) is 16.2. The van der Waals surface area contributed by atoms with Gasteiger partial charge >= 0.3 is 5.97 Å². The lowest BCUT2D eigenvalue weighted by Crippen LogP contribution is -2.00. The topological polar surface area (TPSA) is 63.3 Å². The van der Waals surface area contributed by atoms with Crippen molar-refractivity contribution in [1.29, 1.82) is 0 Å². The van der Waals surface area contributed by atoms with Crippen LogP contribution < -0.4 is 0 Å². The van der Waals surface area contributed by atoms with Gasteiger partial charge in [0.2, 0.25) is 0 Å². The molecule has 0 saturated carbocycles. The molecular formula is C21H13BrClNO3. The number of fused-ring (bicyclic) bond motifs is 1. The molecule has 4 nitrogen and oxygen atoms in total. The molecule has 0 unspecified atom stereocenters. The highest BCUT2D eigenvalue weighted by Crippen LogP contribution is 2.33. The molecule has 0 spiro atoms. The molecule has 4 rings (SSSR count). The molecule has 0 bridgehead atoms. The van der Waals surface area contributed by atoms with Crippen molar-refractivity contribution in [3.63, 3.8) is 0 Å². The van der Waals surface area contributed by atoms with Crippen LogP contribution in [0.1, 0.15) is 15.9 Å². The van der Waals surface area contributed by atoms with Crippen molar-refractivity contribution >= 4 is 44.4 Å². The van der Waals surface area contributed by atoms with E-state index in [-0.39, 0.29) is 5.56 Å². The van der Waals surface area contributed by atoms with Crippen molar-refractivity contribution in [1.82, 2.24) is 4.98 Å². The van der Waals surface area contributed by atoms with Gasteiger partial charge in [0.15, 0.2) is 5.76 Å². The van der Waals surface area contributed by atoms with Gasteiger partial charge in [0.1, 0.15) is 11.5 Å². The summed E-state index contributed by atoms with van der Waals surface area (Å²) in [4.78, 5) is 16.3. The number of hydrogen-bond acceptors (Lipinski definition) is 3. The van der Waals surface area contributed by atoms with Gasteiger partial charge < -0.3 is 9.52 Å². The molecule has 4 aromatic rings. The number of aromatic carboxylic acids is 1. The van der Waals surface area contributed by atoms with E-state index in [2.05, 4.69) is 20.9 Å². The lowest BCUT2D eigenvalue weighted by molar-refractivity contribution is 0.0699. The van der Waals surface area contributed by atoms with Crippen molar-refractivity contribution < 1.29 is 14.3 Å². The summed E-state index contributed by atoms with van der Waals surface area (Å²) in [5, 5.41) is 10.8. The molecule has 0 aliphatic rings. The van der Waals surface area contributed by atoms with Crippen molar-refractivity contribution in [2.24, 2.45) is 0 Å². The lowest BCUT2D eigenvalue weighted by atomic mass is 10.0. The molecule has 6 heteroatoms. The fourth-order valence-corrected chi connectivity index (χ4v) is 3.35. The van der Waals surface area contributed by atoms with Crippen molar-refractivity contribution in [2.45, 2.75) is 6.92 Å². The highest BCUT2D eigenvalue weighted by Gasteiger charge is 2.16. The molecule has 0 saturated heterocycles. The van der Waals surface area contributed by atoms with Gasteiger partial charge in [-0.3, -0.25) is 0 Å². The molecular weight excluding hydrogens is 430 g/mol. The molecule has 0 atom stereocenters. The first kappa shape index (κ1) is 17.8. The highest BCUT2D eigenvalue weighted by atomic mass is 79.9. The maximum atomic E-state index is 11.7. The minimum Gasteiger partial charge on any atom is -0.478 e. The number of hydrogen-bond donors (Lipinski definition) is 1. The van der Waals surface area contributed by atoms with Crippen LogP contribution in [0.3, 0.4) is 0 Å². The van der Waals surface area contributed by atoms with E-state index in [0.29, 0.717) is 33.1 Å². The third-order valence-corrected chi connectivity index (χ3v) is 5.49. The molecule has 2 aromatic heterocycles. The van der Waals surface area contributed by atoms with Gasteiger partial charge in [0.25, 0.3) is 0 Å². The number of carboxylic acids is 1. The number of furan rings is 1. The fraction of sp³-hybridized carbons (Fsp3) is 0.0476. The van der Waals surface area contributed by atoms with Crippen LogP contribution in [0.4, 0.5) is 0 Å². The van der Waals surface area contributed by atoms with E-state index in [1.165, 1.54) is 0 Å². The second-order valence-electron chi connectivity index (χ2n) is 6.17. The summed E-state index contributed by atoms with van der Waals surface area (Å²) in [6.45, 7) is 1.92. The Morgan fingerprint density at radius 3 is 2.59 bits per heavy atom. The van der Waals surface area contributed by atoms with E-state index in [9.17, 15) is 9.90 Å². The van der Waals surface area contributed by atoms with E-state index in [1.54, 1.807) is 18.2 Å². The molecule has 27 heavy (non-hydrogen) atoms. The Hall–Kier alpha value is -2.63. The molecule has 0 aliphatic carbocycles. The molecule has 1 N–H and O–H groups in total. The molecule has 134 valence electrons. The summed E-state index contributed by atoms with van der Waals surface area (Å²) in [5.74, 6) is 0.122. The predicted molar refractivity (Wildman–Crippen MR) is 109 cm³/mol. The van der Waals surface area contributed by atoms with Crippen LogP contribution in [0.15, 0.2) is 63.5 Å². The third kappa shape index (κ3) is 3.36. The minimum atomic E-state index is -0.999. The SMILES string of the molecule is Cc1ccc2nc(-c3ccc(-c4ccc(Br)c(Cl)c4)o3)cc(C(=O)O)c2c1. The van der Waals surface area contributed by atoms with Crippen LogP contribution in [-0.4, -0.2) is 16.1 Å². The zero-order valence-electron chi connectivity index (χ0n) is 14.2. The standard InChI is InChI=1S/C21H13BrClNO3/c1-11-2-5-17-13(8-11)14(21(25)26)10-18(24-17)20-7-6-19(27-20)12-3-4-15(22)16(23)9-12/h2-10H,1H3,(H,25,26). The minimum absolute atomic E-state index is 0.198. The third-order valence-electron chi connectivity index (χ3n) is 4.26. The maximum Gasteiger partial charge on any atom is 0.336 e. The summed E-state index contributed by atoms with van der Waals surface area (Å²) >= 11 is 9.52. The molecule has 2 aromatic carbocycles. The number of carbonyl (C=O) groups is 1. The Bertz CT molecular complexity index is 1200. The van der Waals surface area contributed by atoms with E-state index < -0.39 is 5.97 Å². The second kappa shape index (κ2) is 6.83. The number of aromatic nitrogens is 1. The van der Waals surface area contributed by atoms with Crippen LogP contribution in [0.5, 0.6) is 0 Å². The van der Waals surface area contributed by atoms with Crippen LogP contribution in [0, 0.1) is 6.92 Å². The first-order valence-corrected chi connectivity index (χ1v) is 9.30. The smallest absolute Gasteiger partial charge is 0.336 e. The Kier molecular flexibility index (Phi) is 4.50. The predicted octanol–water partition coefficient (Wildman–Crippen LogP) is 6.58. The number of rotatable bonds is 3. The number of carboxylic acid groups (broad SMARTS) is 1. The van der Waals surface area contributed by atoms with Gasteiger partial charge in [-0.05, 0) is 65.3 Å².